The number of carbonyl (C=O) groups is 2. The summed E-state index contributed by atoms with van der Waals surface area (Å²) >= 11 is 0. The molecule has 2 aromatic rings. The van der Waals surface area contributed by atoms with E-state index in [1.165, 1.54) is 6.07 Å². The zero-order chi connectivity index (χ0) is 17.5. The van der Waals surface area contributed by atoms with Crippen molar-refractivity contribution in [2.75, 3.05) is 11.9 Å². The average Bonchev–Trinajstić information content (AvgIpc) is 2.55. The summed E-state index contributed by atoms with van der Waals surface area (Å²) in [5.41, 5.74) is 1.12. The molecular weight excluding hydrogens is 307 g/mol. The number of halogens is 1. The number of carbonyl (C=O) groups excluding carboxylic acids is 2. The van der Waals surface area contributed by atoms with Gasteiger partial charge in [-0.1, -0.05) is 44.2 Å². The van der Waals surface area contributed by atoms with Crippen molar-refractivity contribution in [3.8, 4) is 0 Å². The van der Waals surface area contributed by atoms with Crippen LogP contribution in [0.15, 0.2) is 48.5 Å². The van der Waals surface area contributed by atoms with Crippen LogP contribution in [0.4, 0.5) is 10.1 Å². The number of hydrogen-bond acceptors (Lipinski definition) is 2. The summed E-state index contributed by atoms with van der Waals surface area (Å²) in [6.07, 6.45) is -0.0887. The van der Waals surface area contributed by atoms with Crippen molar-refractivity contribution in [1.82, 2.24) is 5.32 Å². The lowest BCUT2D eigenvalue weighted by Crippen LogP contribution is -2.28. The van der Waals surface area contributed by atoms with Gasteiger partial charge in [0.15, 0.2) is 0 Å². The summed E-state index contributed by atoms with van der Waals surface area (Å²) in [4.78, 5) is 24.4. The lowest BCUT2D eigenvalue weighted by molar-refractivity contribution is -0.115. The van der Waals surface area contributed by atoms with Crippen LogP contribution in [0.3, 0.4) is 0 Å². The molecule has 0 saturated carbocycles. The van der Waals surface area contributed by atoms with Gasteiger partial charge in [0.2, 0.25) is 5.91 Å². The van der Waals surface area contributed by atoms with Crippen LogP contribution >= 0.6 is 0 Å². The summed E-state index contributed by atoms with van der Waals surface area (Å²) in [6.45, 7) is 4.56. The maximum absolute atomic E-state index is 13.6. The second kappa shape index (κ2) is 8.24. The number of anilines is 1. The molecule has 2 rings (SSSR count). The van der Waals surface area contributed by atoms with Crippen molar-refractivity contribution in [3.05, 3.63) is 65.5 Å². The van der Waals surface area contributed by atoms with Gasteiger partial charge in [-0.15, -0.1) is 0 Å². The molecule has 0 aromatic heterocycles. The molecule has 0 bridgehead atoms. The third-order valence-corrected chi connectivity index (χ3v) is 3.43. The summed E-state index contributed by atoms with van der Waals surface area (Å²) in [7, 11) is 0. The molecule has 126 valence electrons. The van der Waals surface area contributed by atoms with Gasteiger partial charge in [-0.25, -0.2) is 4.39 Å². The second-order valence-corrected chi connectivity index (χ2v) is 5.97. The molecule has 2 aromatic carbocycles. The summed E-state index contributed by atoms with van der Waals surface area (Å²) in [5, 5.41) is 5.51. The molecule has 0 atom stereocenters. The van der Waals surface area contributed by atoms with Gasteiger partial charge in [-0.05, 0) is 29.7 Å². The lowest BCUT2D eigenvalue weighted by atomic mass is 10.1. The SMILES string of the molecule is CC(C)CNC(=O)c1ccccc1NC(=O)Cc1ccccc1F. The average molecular weight is 328 g/mol. The maximum atomic E-state index is 13.6. The molecule has 0 aliphatic carbocycles. The Morgan fingerprint density at radius 3 is 2.42 bits per heavy atom. The van der Waals surface area contributed by atoms with E-state index in [2.05, 4.69) is 10.6 Å². The van der Waals surface area contributed by atoms with Crippen LogP contribution in [-0.4, -0.2) is 18.4 Å². The van der Waals surface area contributed by atoms with Gasteiger partial charge in [-0.3, -0.25) is 9.59 Å². The predicted octanol–water partition coefficient (Wildman–Crippen LogP) is 3.39. The number of amides is 2. The predicted molar refractivity (Wildman–Crippen MR) is 92.3 cm³/mol. The summed E-state index contributed by atoms with van der Waals surface area (Å²) in [5.74, 6) is -0.706. The van der Waals surface area contributed by atoms with Crippen molar-refractivity contribution >= 4 is 17.5 Å². The Balaban J connectivity index is 2.08. The molecule has 0 spiro atoms. The molecule has 5 heteroatoms. The Morgan fingerprint density at radius 1 is 1.04 bits per heavy atom. The van der Waals surface area contributed by atoms with E-state index < -0.39 is 5.82 Å². The van der Waals surface area contributed by atoms with Crippen LogP contribution in [0, 0.1) is 11.7 Å². The van der Waals surface area contributed by atoms with E-state index in [9.17, 15) is 14.0 Å². The second-order valence-electron chi connectivity index (χ2n) is 5.97. The van der Waals surface area contributed by atoms with Crippen molar-refractivity contribution in [2.24, 2.45) is 5.92 Å². The number of nitrogens with one attached hydrogen (secondary N) is 2. The molecule has 0 fully saturated rings. The largest absolute Gasteiger partial charge is 0.352 e. The van der Waals surface area contributed by atoms with Crippen molar-refractivity contribution in [2.45, 2.75) is 20.3 Å². The highest BCUT2D eigenvalue weighted by molar-refractivity contribution is 6.04. The van der Waals surface area contributed by atoms with Gasteiger partial charge < -0.3 is 10.6 Å². The number of hydrogen-bond donors (Lipinski definition) is 2. The van der Waals surface area contributed by atoms with Gasteiger partial charge in [-0.2, -0.15) is 0 Å². The maximum Gasteiger partial charge on any atom is 0.253 e. The monoisotopic (exact) mass is 328 g/mol. The molecule has 2 amide bonds. The Kier molecular flexibility index (Phi) is 6.07. The van der Waals surface area contributed by atoms with E-state index >= 15 is 0 Å². The molecule has 0 unspecified atom stereocenters. The first-order valence-electron chi connectivity index (χ1n) is 7.88. The van der Waals surface area contributed by atoms with Gasteiger partial charge in [0.05, 0.1) is 17.7 Å². The number of benzene rings is 2. The first kappa shape index (κ1) is 17.7. The molecule has 2 N–H and O–H groups in total. The minimum atomic E-state index is -0.421. The highest BCUT2D eigenvalue weighted by Crippen LogP contribution is 2.16. The first-order valence-corrected chi connectivity index (χ1v) is 7.88. The quantitative estimate of drug-likeness (QED) is 0.854. The van der Waals surface area contributed by atoms with E-state index in [-0.39, 0.29) is 18.2 Å². The van der Waals surface area contributed by atoms with Gasteiger partial charge in [0, 0.05) is 6.54 Å². The fourth-order valence-electron chi connectivity index (χ4n) is 2.19. The first-order chi connectivity index (χ1) is 11.5. The lowest BCUT2D eigenvalue weighted by Gasteiger charge is -2.12. The fourth-order valence-corrected chi connectivity index (χ4v) is 2.19. The molecule has 0 aliphatic heterocycles. The summed E-state index contributed by atoms with van der Waals surface area (Å²) < 4.78 is 13.6. The van der Waals surface area contributed by atoms with Crippen LogP contribution < -0.4 is 10.6 Å². The van der Waals surface area contributed by atoms with Crippen LogP contribution in [0.1, 0.15) is 29.8 Å². The molecule has 0 saturated heterocycles. The standard InChI is InChI=1S/C19H21FN2O2/c1-13(2)12-21-19(24)15-8-4-6-10-17(15)22-18(23)11-14-7-3-5-9-16(14)20/h3-10,13H,11-12H2,1-2H3,(H,21,24)(H,22,23). The van der Waals surface area contributed by atoms with Crippen LogP contribution in [0.2, 0.25) is 0 Å². The van der Waals surface area contributed by atoms with E-state index in [1.807, 2.05) is 13.8 Å². The van der Waals surface area contributed by atoms with E-state index in [1.54, 1.807) is 42.5 Å². The smallest absolute Gasteiger partial charge is 0.253 e. The Hall–Kier alpha value is -2.69. The third kappa shape index (κ3) is 4.91. The van der Waals surface area contributed by atoms with E-state index in [4.69, 9.17) is 0 Å². The molecular formula is C19H21FN2O2. The van der Waals surface area contributed by atoms with Crippen LogP contribution in [0.5, 0.6) is 0 Å². The van der Waals surface area contributed by atoms with Crippen molar-refractivity contribution in [3.63, 3.8) is 0 Å². The Morgan fingerprint density at radius 2 is 1.71 bits per heavy atom. The van der Waals surface area contributed by atoms with E-state index in [0.29, 0.717) is 29.3 Å². The fraction of sp³-hybridized carbons (Fsp3) is 0.263. The zero-order valence-corrected chi connectivity index (χ0v) is 13.8. The molecule has 0 heterocycles. The molecule has 0 aliphatic rings. The van der Waals surface area contributed by atoms with Crippen LogP contribution in [-0.2, 0) is 11.2 Å². The van der Waals surface area contributed by atoms with Crippen LogP contribution in [0.25, 0.3) is 0 Å². The normalized spacial score (nSPS) is 10.5. The number of para-hydroxylation sites is 1. The minimum absolute atomic E-state index is 0.0887. The molecule has 4 nitrogen and oxygen atoms in total. The van der Waals surface area contributed by atoms with Crippen molar-refractivity contribution in [1.29, 1.82) is 0 Å². The molecule has 24 heavy (non-hydrogen) atoms. The zero-order valence-electron chi connectivity index (χ0n) is 13.8. The highest BCUT2D eigenvalue weighted by atomic mass is 19.1. The Bertz CT molecular complexity index is 729. The van der Waals surface area contributed by atoms with Gasteiger partial charge in [0.25, 0.3) is 5.91 Å². The minimum Gasteiger partial charge on any atom is -0.352 e. The van der Waals surface area contributed by atoms with Crippen molar-refractivity contribution < 1.29 is 14.0 Å². The van der Waals surface area contributed by atoms with Gasteiger partial charge in [0.1, 0.15) is 5.82 Å². The number of rotatable bonds is 6. The van der Waals surface area contributed by atoms with E-state index in [0.717, 1.165) is 0 Å². The molecule has 0 radical (unpaired) electrons. The summed E-state index contributed by atoms with van der Waals surface area (Å²) in [6, 6.07) is 12.9. The van der Waals surface area contributed by atoms with Gasteiger partial charge >= 0.3 is 0 Å². The third-order valence-electron chi connectivity index (χ3n) is 3.43. The topological polar surface area (TPSA) is 58.2 Å². The highest BCUT2D eigenvalue weighted by Gasteiger charge is 2.14. The Labute approximate surface area is 141 Å².